The number of alkyl halides is 6. The highest BCUT2D eigenvalue weighted by Crippen LogP contribution is 2.34. The van der Waals surface area contributed by atoms with Gasteiger partial charge in [0.25, 0.3) is 0 Å². The molecule has 2 N–H and O–H groups in total. The van der Waals surface area contributed by atoms with Crippen LogP contribution < -0.4 is 0 Å². The summed E-state index contributed by atoms with van der Waals surface area (Å²) in [5.41, 5.74) is 0. The van der Waals surface area contributed by atoms with Gasteiger partial charge in [-0.05, 0) is 12.8 Å². The average Bonchev–Trinajstić information content (AvgIpc) is 3.32. The third-order valence-electron chi connectivity index (χ3n) is 4.37. The van der Waals surface area contributed by atoms with Gasteiger partial charge in [-0.2, -0.15) is 30.6 Å². The van der Waals surface area contributed by atoms with Gasteiger partial charge in [0.15, 0.2) is 0 Å². The number of carboxylic acids is 2. The number of likely N-dealkylation sites (tertiary alicyclic amines) is 1. The third-order valence-corrected chi connectivity index (χ3v) is 6.44. The Labute approximate surface area is 182 Å². The van der Waals surface area contributed by atoms with Crippen LogP contribution in [0, 0.1) is 0 Å². The molecule has 17 heteroatoms. The topological polar surface area (TPSA) is 128 Å². The van der Waals surface area contributed by atoms with Crippen LogP contribution in [0.15, 0.2) is 11.6 Å². The summed E-state index contributed by atoms with van der Waals surface area (Å²) < 4.78 is 88.5. The van der Waals surface area contributed by atoms with Crippen molar-refractivity contribution in [3.63, 3.8) is 0 Å². The fourth-order valence-electron chi connectivity index (χ4n) is 3.15. The van der Waals surface area contributed by atoms with Crippen molar-refractivity contribution in [3.8, 4) is 0 Å². The molecule has 2 aliphatic rings. The van der Waals surface area contributed by atoms with Crippen LogP contribution in [-0.4, -0.2) is 88.5 Å². The minimum absolute atomic E-state index is 0.181. The lowest BCUT2D eigenvalue weighted by atomic mass is 10.1. The van der Waals surface area contributed by atoms with Gasteiger partial charge < -0.3 is 10.2 Å². The SMILES string of the molecule is CS(=O)(=O)N1CC[C@@H]2[C@@H]1CCN2Cc1nccs1.O=C(O)C(F)(F)F.O=C(O)C(F)(F)F. The average molecular weight is 515 g/mol. The monoisotopic (exact) mass is 515 g/mol. The second-order valence-corrected chi connectivity index (χ2v) is 9.50. The summed E-state index contributed by atoms with van der Waals surface area (Å²) in [6.45, 7) is 2.50. The van der Waals surface area contributed by atoms with Crippen molar-refractivity contribution >= 4 is 33.3 Å². The number of aliphatic carboxylic acids is 2. The molecule has 1 aromatic rings. The molecule has 0 amide bonds. The van der Waals surface area contributed by atoms with Gasteiger partial charge in [0.2, 0.25) is 10.0 Å². The molecule has 0 aliphatic carbocycles. The summed E-state index contributed by atoms with van der Waals surface area (Å²) in [6.07, 6.45) is -5.13. The summed E-state index contributed by atoms with van der Waals surface area (Å²) >= 11 is 1.67. The van der Waals surface area contributed by atoms with Crippen LogP contribution in [0.4, 0.5) is 26.3 Å². The van der Waals surface area contributed by atoms with Gasteiger partial charge in [0.1, 0.15) is 5.01 Å². The number of carbonyl (C=O) groups is 2. The van der Waals surface area contributed by atoms with Crippen LogP contribution in [0.2, 0.25) is 0 Å². The van der Waals surface area contributed by atoms with E-state index in [1.807, 2.05) is 11.6 Å². The molecule has 0 spiro atoms. The maximum absolute atomic E-state index is 11.7. The molecule has 0 bridgehead atoms. The van der Waals surface area contributed by atoms with Crippen molar-refractivity contribution in [2.24, 2.45) is 0 Å². The number of sulfonamides is 1. The van der Waals surface area contributed by atoms with Gasteiger partial charge in [-0.15, -0.1) is 11.3 Å². The highest BCUT2D eigenvalue weighted by atomic mass is 32.2. The quantitative estimate of drug-likeness (QED) is 0.586. The van der Waals surface area contributed by atoms with E-state index in [1.54, 1.807) is 15.6 Å². The Hall–Kier alpha value is -1.98. The number of thiazole rings is 1. The van der Waals surface area contributed by atoms with Gasteiger partial charge in [-0.3, -0.25) is 4.90 Å². The maximum atomic E-state index is 11.7. The Bertz CT molecular complexity index is 851. The fourth-order valence-corrected chi connectivity index (χ4v) is 4.96. The van der Waals surface area contributed by atoms with Gasteiger partial charge in [0, 0.05) is 36.8 Å². The molecule has 2 atom stereocenters. The molecule has 0 unspecified atom stereocenters. The molecule has 1 aromatic heterocycles. The zero-order valence-electron chi connectivity index (χ0n) is 16.3. The number of hydrogen-bond donors (Lipinski definition) is 2. The Balaban J connectivity index is 0.000000305. The minimum Gasteiger partial charge on any atom is -0.475 e. The van der Waals surface area contributed by atoms with Crippen molar-refractivity contribution in [2.45, 2.75) is 43.8 Å². The van der Waals surface area contributed by atoms with Crippen molar-refractivity contribution in [2.75, 3.05) is 19.3 Å². The molecular formula is C15H19F6N3O6S2. The highest BCUT2D eigenvalue weighted by Gasteiger charge is 2.45. The Morgan fingerprint density at radius 2 is 1.53 bits per heavy atom. The smallest absolute Gasteiger partial charge is 0.475 e. The second kappa shape index (κ2) is 10.8. The van der Waals surface area contributed by atoms with Crippen molar-refractivity contribution in [3.05, 3.63) is 16.6 Å². The van der Waals surface area contributed by atoms with Gasteiger partial charge >= 0.3 is 24.3 Å². The molecule has 0 aromatic carbocycles. The number of nitrogens with zero attached hydrogens (tertiary/aromatic N) is 3. The molecule has 32 heavy (non-hydrogen) atoms. The van der Waals surface area contributed by atoms with Crippen molar-refractivity contribution in [1.82, 2.24) is 14.2 Å². The third kappa shape index (κ3) is 8.51. The standard InChI is InChI=1S/C11H17N3O2S2.2C2HF3O2/c1-18(15,16)14-6-3-9-10(14)2-5-13(9)8-11-12-4-7-17-11;2*3-2(4,5)1(6)7/h4,7,9-10H,2-3,5-6,8H2,1H3;2*(H,6,7)/t9-,10+;;/m1../s1. The van der Waals surface area contributed by atoms with Crippen LogP contribution >= 0.6 is 11.3 Å². The number of hydrogen-bond acceptors (Lipinski definition) is 7. The first-order chi connectivity index (χ1) is 14.4. The normalized spacial score (nSPS) is 21.7. The van der Waals surface area contributed by atoms with E-state index < -0.39 is 34.3 Å². The fraction of sp³-hybridized carbons (Fsp3) is 0.667. The Kier molecular flexibility index (Phi) is 9.43. The molecule has 2 fully saturated rings. The summed E-state index contributed by atoms with van der Waals surface area (Å²) in [4.78, 5) is 24.5. The molecular weight excluding hydrogens is 496 g/mol. The number of halogens is 6. The Morgan fingerprint density at radius 1 is 1.06 bits per heavy atom. The number of carboxylic acid groups (broad SMARTS) is 2. The summed E-state index contributed by atoms with van der Waals surface area (Å²) in [7, 11) is -3.05. The van der Waals surface area contributed by atoms with E-state index in [2.05, 4.69) is 9.88 Å². The lowest BCUT2D eigenvalue weighted by Gasteiger charge is -2.23. The zero-order chi connectivity index (χ0) is 24.9. The molecule has 0 saturated carbocycles. The number of fused-ring (bicyclic) bond motifs is 1. The predicted molar refractivity (Wildman–Crippen MR) is 98.3 cm³/mol. The van der Waals surface area contributed by atoms with Crippen molar-refractivity contribution < 1.29 is 54.6 Å². The van der Waals surface area contributed by atoms with E-state index in [9.17, 15) is 34.8 Å². The molecule has 9 nitrogen and oxygen atoms in total. The van der Waals surface area contributed by atoms with Crippen LogP contribution in [-0.2, 0) is 26.2 Å². The van der Waals surface area contributed by atoms with E-state index >= 15 is 0 Å². The lowest BCUT2D eigenvalue weighted by Crippen LogP contribution is -2.38. The minimum atomic E-state index is -5.08. The number of aromatic nitrogens is 1. The van der Waals surface area contributed by atoms with Gasteiger partial charge in [0.05, 0.1) is 12.8 Å². The first kappa shape index (κ1) is 28.1. The predicted octanol–water partition coefficient (Wildman–Crippen LogP) is 2.02. The Morgan fingerprint density at radius 3 is 1.91 bits per heavy atom. The molecule has 0 radical (unpaired) electrons. The first-order valence-electron chi connectivity index (χ1n) is 8.64. The molecule has 184 valence electrons. The molecule has 3 heterocycles. The summed E-state index contributed by atoms with van der Waals surface area (Å²) in [6, 6.07) is 0.559. The molecule has 3 rings (SSSR count). The van der Waals surface area contributed by atoms with Gasteiger partial charge in [-0.1, -0.05) is 0 Å². The van der Waals surface area contributed by atoms with E-state index in [-0.39, 0.29) is 6.04 Å². The maximum Gasteiger partial charge on any atom is 0.490 e. The van der Waals surface area contributed by atoms with E-state index in [1.165, 1.54) is 6.26 Å². The molecule has 2 aliphatic heterocycles. The number of rotatable bonds is 3. The van der Waals surface area contributed by atoms with E-state index in [0.717, 1.165) is 30.9 Å². The van der Waals surface area contributed by atoms with Gasteiger partial charge in [-0.25, -0.2) is 23.0 Å². The van der Waals surface area contributed by atoms with E-state index in [4.69, 9.17) is 19.8 Å². The molecule has 2 saturated heterocycles. The highest BCUT2D eigenvalue weighted by molar-refractivity contribution is 7.88. The lowest BCUT2D eigenvalue weighted by molar-refractivity contribution is -0.193. The van der Waals surface area contributed by atoms with Crippen LogP contribution in [0.25, 0.3) is 0 Å². The zero-order valence-corrected chi connectivity index (χ0v) is 17.9. The van der Waals surface area contributed by atoms with Crippen LogP contribution in [0.3, 0.4) is 0 Å². The largest absolute Gasteiger partial charge is 0.490 e. The van der Waals surface area contributed by atoms with E-state index in [0.29, 0.717) is 12.6 Å². The second-order valence-electron chi connectivity index (χ2n) is 6.59. The van der Waals surface area contributed by atoms with Crippen molar-refractivity contribution in [1.29, 1.82) is 0 Å². The summed E-state index contributed by atoms with van der Waals surface area (Å²) in [5, 5.41) is 17.4. The van der Waals surface area contributed by atoms with Crippen LogP contribution in [0.1, 0.15) is 17.8 Å². The first-order valence-corrected chi connectivity index (χ1v) is 11.4. The summed E-state index contributed by atoms with van der Waals surface area (Å²) in [5.74, 6) is -5.51. The van der Waals surface area contributed by atoms with Crippen LogP contribution in [0.5, 0.6) is 0 Å².